The van der Waals surface area contributed by atoms with Crippen LogP contribution in [0, 0.1) is 0 Å². The number of thiol groups is 1. The molecule has 3 rings (SSSR count). The number of ether oxygens (including phenoxy) is 1. The van der Waals surface area contributed by atoms with Crippen LogP contribution in [0.3, 0.4) is 0 Å². The first-order valence-electron chi connectivity index (χ1n) is 8.61. The van der Waals surface area contributed by atoms with Gasteiger partial charge in [0.25, 0.3) is 11.8 Å². The highest BCUT2D eigenvalue weighted by atomic mass is 32.1. The number of rotatable bonds is 3. The average molecular weight is 370 g/mol. The van der Waals surface area contributed by atoms with Crippen molar-refractivity contribution < 1.29 is 14.3 Å². The van der Waals surface area contributed by atoms with Crippen LogP contribution in [0.15, 0.2) is 53.4 Å². The molecule has 1 fully saturated rings. The summed E-state index contributed by atoms with van der Waals surface area (Å²) >= 11 is 4.38. The first-order chi connectivity index (χ1) is 12.6. The summed E-state index contributed by atoms with van der Waals surface area (Å²) in [6.07, 6.45) is 0.746. The smallest absolute Gasteiger partial charge is 0.255 e. The van der Waals surface area contributed by atoms with Crippen LogP contribution in [-0.2, 0) is 0 Å². The van der Waals surface area contributed by atoms with E-state index in [2.05, 4.69) is 12.6 Å². The average Bonchev–Trinajstić information content (AvgIpc) is 2.93. The molecule has 2 aromatic carbocycles. The topological polar surface area (TPSA) is 49.9 Å². The van der Waals surface area contributed by atoms with Gasteiger partial charge in [-0.15, -0.1) is 12.6 Å². The van der Waals surface area contributed by atoms with E-state index in [1.54, 1.807) is 35.1 Å². The molecular weight excluding hydrogens is 348 g/mol. The van der Waals surface area contributed by atoms with Crippen LogP contribution >= 0.6 is 12.6 Å². The molecule has 26 heavy (non-hydrogen) atoms. The Morgan fingerprint density at radius 3 is 2.31 bits per heavy atom. The van der Waals surface area contributed by atoms with E-state index < -0.39 is 0 Å². The van der Waals surface area contributed by atoms with E-state index in [1.807, 2.05) is 30.3 Å². The number of hydrogen-bond donors (Lipinski definition) is 1. The number of carbonyl (C=O) groups is 2. The molecule has 1 aliphatic heterocycles. The quantitative estimate of drug-likeness (QED) is 0.845. The molecule has 0 bridgehead atoms. The maximum Gasteiger partial charge on any atom is 0.255 e. The van der Waals surface area contributed by atoms with Gasteiger partial charge in [-0.3, -0.25) is 9.59 Å². The van der Waals surface area contributed by atoms with E-state index in [1.165, 1.54) is 0 Å². The van der Waals surface area contributed by atoms with Crippen LogP contribution < -0.4 is 4.74 Å². The molecule has 2 aromatic rings. The Kier molecular flexibility index (Phi) is 5.83. The minimum Gasteiger partial charge on any atom is -0.497 e. The van der Waals surface area contributed by atoms with Gasteiger partial charge < -0.3 is 14.5 Å². The second-order valence-electron chi connectivity index (χ2n) is 6.19. The summed E-state index contributed by atoms with van der Waals surface area (Å²) in [7, 11) is 1.58. The van der Waals surface area contributed by atoms with Crippen molar-refractivity contribution in [1.82, 2.24) is 9.80 Å². The molecule has 136 valence electrons. The molecule has 0 radical (unpaired) electrons. The van der Waals surface area contributed by atoms with Crippen LogP contribution in [0.25, 0.3) is 0 Å². The second-order valence-corrected chi connectivity index (χ2v) is 6.67. The third-order valence-electron chi connectivity index (χ3n) is 4.52. The summed E-state index contributed by atoms with van der Waals surface area (Å²) in [5.74, 6) is 0.590. The van der Waals surface area contributed by atoms with Crippen molar-refractivity contribution in [3.05, 3.63) is 59.7 Å². The minimum atomic E-state index is -0.0359. The molecule has 0 atom stereocenters. The van der Waals surface area contributed by atoms with Gasteiger partial charge in [0.2, 0.25) is 0 Å². The Morgan fingerprint density at radius 2 is 1.62 bits per heavy atom. The Bertz CT molecular complexity index is 809. The highest BCUT2D eigenvalue weighted by Gasteiger charge is 2.24. The lowest BCUT2D eigenvalue weighted by Crippen LogP contribution is -2.37. The van der Waals surface area contributed by atoms with E-state index in [0.717, 1.165) is 6.42 Å². The van der Waals surface area contributed by atoms with Crippen molar-refractivity contribution in [2.75, 3.05) is 33.3 Å². The molecule has 0 spiro atoms. The van der Waals surface area contributed by atoms with E-state index >= 15 is 0 Å². The van der Waals surface area contributed by atoms with Crippen molar-refractivity contribution in [2.24, 2.45) is 0 Å². The first-order valence-corrected chi connectivity index (χ1v) is 9.05. The van der Waals surface area contributed by atoms with Crippen molar-refractivity contribution in [3.63, 3.8) is 0 Å². The fraction of sp³-hybridized carbons (Fsp3) is 0.300. The number of benzene rings is 2. The third-order valence-corrected chi connectivity index (χ3v) is 4.91. The molecule has 1 aliphatic rings. The van der Waals surface area contributed by atoms with Crippen LogP contribution in [-0.4, -0.2) is 54.9 Å². The molecule has 0 aromatic heterocycles. The zero-order valence-electron chi connectivity index (χ0n) is 14.7. The second kappa shape index (κ2) is 8.27. The number of methoxy groups -OCH3 is 1. The Morgan fingerprint density at radius 1 is 0.923 bits per heavy atom. The van der Waals surface area contributed by atoms with Gasteiger partial charge in [-0.05, 0) is 36.8 Å². The first kappa shape index (κ1) is 18.3. The van der Waals surface area contributed by atoms with Crippen molar-refractivity contribution in [1.29, 1.82) is 0 Å². The van der Waals surface area contributed by atoms with Crippen molar-refractivity contribution in [2.45, 2.75) is 11.3 Å². The van der Waals surface area contributed by atoms with Crippen LogP contribution in [0.5, 0.6) is 5.75 Å². The normalized spacial score (nSPS) is 14.7. The van der Waals surface area contributed by atoms with E-state index in [-0.39, 0.29) is 11.8 Å². The molecule has 1 saturated heterocycles. The van der Waals surface area contributed by atoms with E-state index in [0.29, 0.717) is 48.0 Å². The monoisotopic (exact) mass is 370 g/mol. The highest BCUT2D eigenvalue weighted by molar-refractivity contribution is 7.80. The van der Waals surface area contributed by atoms with Gasteiger partial charge in [-0.25, -0.2) is 0 Å². The standard InChI is InChI=1S/C20H22N2O3S/c1-25-16-7-4-6-15(14-16)19(23)21-10-5-11-22(13-12-21)20(24)17-8-2-3-9-18(17)26/h2-4,6-9,14,26H,5,10-13H2,1H3. The van der Waals surface area contributed by atoms with Gasteiger partial charge >= 0.3 is 0 Å². The Hall–Kier alpha value is -2.47. The molecule has 6 heteroatoms. The lowest BCUT2D eigenvalue weighted by molar-refractivity contribution is 0.0717. The van der Waals surface area contributed by atoms with Gasteiger partial charge in [0, 0.05) is 36.6 Å². The fourth-order valence-corrected chi connectivity index (χ4v) is 3.34. The fourth-order valence-electron chi connectivity index (χ4n) is 3.09. The van der Waals surface area contributed by atoms with Crippen LogP contribution in [0.4, 0.5) is 0 Å². The molecular formula is C20H22N2O3S. The van der Waals surface area contributed by atoms with Gasteiger partial charge in [0.1, 0.15) is 5.75 Å². The summed E-state index contributed by atoms with van der Waals surface area (Å²) in [6.45, 7) is 2.28. The van der Waals surface area contributed by atoms with Gasteiger partial charge in [-0.2, -0.15) is 0 Å². The number of amides is 2. The summed E-state index contributed by atoms with van der Waals surface area (Å²) < 4.78 is 5.19. The molecule has 0 unspecified atom stereocenters. The maximum absolute atomic E-state index is 12.8. The lowest BCUT2D eigenvalue weighted by Gasteiger charge is -2.23. The lowest BCUT2D eigenvalue weighted by atomic mass is 10.2. The summed E-state index contributed by atoms with van der Waals surface area (Å²) in [6, 6.07) is 14.4. The zero-order chi connectivity index (χ0) is 18.5. The summed E-state index contributed by atoms with van der Waals surface area (Å²) in [5.41, 5.74) is 1.20. The molecule has 0 saturated carbocycles. The van der Waals surface area contributed by atoms with Crippen LogP contribution in [0.2, 0.25) is 0 Å². The van der Waals surface area contributed by atoms with Crippen LogP contribution in [0.1, 0.15) is 27.1 Å². The Balaban J connectivity index is 1.69. The Labute approximate surface area is 159 Å². The minimum absolute atomic E-state index is 0.0344. The summed E-state index contributed by atoms with van der Waals surface area (Å²) in [5, 5.41) is 0. The molecule has 0 aliphatic carbocycles. The largest absolute Gasteiger partial charge is 0.497 e. The predicted octanol–water partition coefficient (Wildman–Crippen LogP) is 2.97. The van der Waals surface area contributed by atoms with Crippen molar-refractivity contribution in [3.8, 4) is 5.75 Å². The third kappa shape index (κ3) is 4.02. The van der Waals surface area contributed by atoms with Crippen molar-refractivity contribution >= 4 is 24.4 Å². The van der Waals surface area contributed by atoms with E-state index in [4.69, 9.17) is 4.74 Å². The van der Waals surface area contributed by atoms with E-state index in [9.17, 15) is 9.59 Å². The van der Waals surface area contributed by atoms with Gasteiger partial charge in [0.15, 0.2) is 0 Å². The highest BCUT2D eigenvalue weighted by Crippen LogP contribution is 2.18. The molecule has 2 amide bonds. The zero-order valence-corrected chi connectivity index (χ0v) is 15.6. The number of carbonyl (C=O) groups excluding carboxylic acids is 2. The predicted molar refractivity (Wildman–Crippen MR) is 103 cm³/mol. The summed E-state index contributed by atoms with van der Waals surface area (Å²) in [4.78, 5) is 29.8. The van der Waals surface area contributed by atoms with Gasteiger partial charge in [-0.1, -0.05) is 18.2 Å². The number of nitrogens with zero attached hydrogens (tertiary/aromatic N) is 2. The molecule has 0 N–H and O–H groups in total. The molecule has 1 heterocycles. The van der Waals surface area contributed by atoms with Gasteiger partial charge in [0.05, 0.1) is 12.7 Å². The SMILES string of the molecule is COc1cccc(C(=O)N2CCCN(C(=O)c3ccccc3S)CC2)c1. The number of hydrogen-bond acceptors (Lipinski definition) is 4. The molecule has 5 nitrogen and oxygen atoms in total. The maximum atomic E-state index is 12.8.